The van der Waals surface area contributed by atoms with Gasteiger partial charge in [0, 0.05) is 10.0 Å². The lowest BCUT2D eigenvalue weighted by molar-refractivity contribution is -0.275. The molecule has 0 atom stereocenters. The number of benzene rings is 1. The molecule has 1 nitrogen and oxygen atoms in total. The number of alkyl halides is 3. The molecule has 0 radical (unpaired) electrons. The molecule has 0 aromatic heterocycles. The Bertz CT molecular complexity index is 348. The molecule has 1 rings (SSSR count). The minimum absolute atomic E-state index is 0.0757. The summed E-state index contributed by atoms with van der Waals surface area (Å²) in [7, 11) is 0. The van der Waals surface area contributed by atoms with Crippen molar-refractivity contribution in [3.63, 3.8) is 0 Å². The van der Waals surface area contributed by atoms with E-state index in [-0.39, 0.29) is 5.56 Å². The van der Waals surface area contributed by atoms with E-state index in [1.165, 1.54) is 13.0 Å². The van der Waals surface area contributed by atoms with Crippen LogP contribution >= 0.6 is 15.9 Å². The molecule has 1 aromatic carbocycles. The molecule has 0 amide bonds. The Balaban J connectivity index is 3.06. The van der Waals surface area contributed by atoms with Crippen molar-refractivity contribution in [3.05, 3.63) is 28.0 Å². The fraction of sp³-hybridized carbons (Fsp3) is 0.250. The third-order valence-corrected chi connectivity index (χ3v) is 2.37. The Morgan fingerprint density at radius 3 is 2.36 bits per heavy atom. The number of rotatable bonds is 1. The van der Waals surface area contributed by atoms with Gasteiger partial charge in [-0.3, -0.25) is 0 Å². The van der Waals surface area contributed by atoms with Gasteiger partial charge >= 0.3 is 6.36 Å². The molecular weight excluding hydrogens is 268 g/mol. The van der Waals surface area contributed by atoms with E-state index in [2.05, 4.69) is 20.7 Å². The first-order valence-electron chi connectivity index (χ1n) is 3.51. The molecule has 0 heterocycles. The van der Waals surface area contributed by atoms with Crippen LogP contribution in [0.1, 0.15) is 5.56 Å². The summed E-state index contributed by atoms with van der Waals surface area (Å²) in [5.41, 5.74) is 0.0757. The lowest BCUT2D eigenvalue weighted by Crippen LogP contribution is -2.18. The van der Waals surface area contributed by atoms with Gasteiger partial charge in [0.1, 0.15) is 0 Å². The van der Waals surface area contributed by atoms with E-state index < -0.39 is 17.9 Å². The summed E-state index contributed by atoms with van der Waals surface area (Å²) in [6, 6.07) is 2.21. The number of hydrogen-bond donors (Lipinski definition) is 0. The largest absolute Gasteiger partial charge is 0.573 e. The van der Waals surface area contributed by atoms with E-state index in [1.54, 1.807) is 0 Å². The van der Waals surface area contributed by atoms with Gasteiger partial charge in [-0.2, -0.15) is 0 Å². The minimum atomic E-state index is -4.87. The van der Waals surface area contributed by atoms with Crippen LogP contribution < -0.4 is 4.74 Å². The Morgan fingerprint density at radius 1 is 1.29 bits per heavy atom. The smallest absolute Gasteiger partial charge is 0.403 e. The van der Waals surface area contributed by atoms with E-state index in [1.807, 2.05) is 0 Å². The maximum Gasteiger partial charge on any atom is 0.573 e. The van der Waals surface area contributed by atoms with Crippen molar-refractivity contribution in [2.45, 2.75) is 13.3 Å². The molecular formula is C8H5BrF4O. The predicted molar refractivity (Wildman–Crippen MR) is 45.5 cm³/mol. The van der Waals surface area contributed by atoms with Crippen LogP contribution in [0.4, 0.5) is 17.6 Å². The average molecular weight is 273 g/mol. The summed E-state index contributed by atoms with van der Waals surface area (Å²) in [5, 5.41) is 0. The molecule has 0 saturated heterocycles. The highest BCUT2D eigenvalue weighted by molar-refractivity contribution is 9.10. The summed E-state index contributed by atoms with van der Waals surface area (Å²) in [6.45, 7) is 1.35. The maximum absolute atomic E-state index is 13.1. The fourth-order valence-electron chi connectivity index (χ4n) is 0.840. The second kappa shape index (κ2) is 3.76. The van der Waals surface area contributed by atoms with Crippen molar-refractivity contribution in [2.24, 2.45) is 0 Å². The van der Waals surface area contributed by atoms with E-state index in [9.17, 15) is 17.6 Å². The van der Waals surface area contributed by atoms with Crippen molar-refractivity contribution in [1.82, 2.24) is 0 Å². The standard InChI is InChI=1S/C8H5BrF4O/c1-4-5(9)2-3-6(7(4)10)14-8(11,12)13/h2-3H,1H3. The molecule has 1 aromatic rings. The van der Waals surface area contributed by atoms with Crippen molar-refractivity contribution in [3.8, 4) is 5.75 Å². The number of halogens is 5. The van der Waals surface area contributed by atoms with Gasteiger partial charge in [-0.25, -0.2) is 4.39 Å². The molecule has 78 valence electrons. The fourth-order valence-corrected chi connectivity index (χ4v) is 1.15. The molecule has 0 aliphatic rings. The topological polar surface area (TPSA) is 9.23 Å². The first kappa shape index (κ1) is 11.3. The first-order valence-corrected chi connectivity index (χ1v) is 4.31. The molecule has 0 aliphatic heterocycles. The molecule has 0 saturated carbocycles. The Hall–Kier alpha value is -0.780. The van der Waals surface area contributed by atoms with E-state index in [0.29, 0.717) is 4.47 Å². The quantitative estimate of drug-likeness (QED) is 0.707. The van der Waals surface area contributed by atoms with Crippen LogP contribution in [0.5, 0.6) is 5.75 Å². The van der Waals surface area contributed by atoms with Crippen LogP contribution in [0, 0.1) is 12.7 Å². The normalized spacial score (nSPS) is 11.6. The summed E-state index contributed by atoms with van der Waals surface area (Å²) < 4.78 is 52.3. The SMILES string of the molecule is Cc1c(Br)ccc(OC(F)(F)F)c1F. The van der Waals surface area contributed by atoms with Gasteiger partial charge in [-0.1, -0.05) is 15.9 Å². The van der Waals surface area contributed by atoms with Gasteiger partial charge in [0.25, 0.3) is 0 Å². The number of hydrogen-bond acceptors (Lipinski definition) is 1. The predicted octanol–water partition coefficient (Wildman–Crippen LogP) is 3.80. The number of ether oxygens (including phenoxy) is 1. The van der Waals surface area contributed by atoms with E-state index >= 15 is 0 Å². The van der Waals surface area contributed by atoms with Gasteiger partial charge < -0.3 is 4.74 Å². The molecule has 0 fully saturated rings. The highest BCUT2D eigenvalue weighted by atomic mass is 79.9. The average Bonchev–Trinajstić information content (AvgIpc) is 2.04. The van der Waals surface area contributed by atoms with Gasteiger partial charge in [-0.15, -0.1) is 13.2 Å². The van der Waals surface area contributed by atoms with Crippen LogP contribution in [-0.4, -0.2) is 6.36 Å². The third kappa shape index (κ3) is 2.60. The summed E-state index contributed by atoms with van der Waals surface area (Å²) in [6.07, 6.45) is -4.87. The van der Waals surface area contributed by atoms with Crippen LogP contribution in [0.2, 0.25) is 0 Å². The van der Waals surface area contributed by atoms with Crippen molar-refractivity contribution in [1.29, 1.82) is 0 Å². The first-order chi connectivity index (χ1) is 6.31. The molecule has 0 N–H and O–H groups in total. The summed E-state index contributed by atoms with van der Waals surface area (Å²) in [5.74, 6) is -1.84. The van der Waals surface area contributed by atoms with Crippen LogP contribution in [0.25, 0.3) is 0 Å². The third-order valence-electron chi connectivity index (χ3n) is 1.51. The zero-order valence-corrected chi connectivity index (χ0v) is 8.54. The second-order valence-corrected chi connectivity index (χ2v) is 3.39. The van der Waals surface area contributed by atoms with Crippen LogP contribution in [-0.2, 0) is 0 Å². The highest BCUT2D eigenvalue weighted by Crippen LogP contribution is 2.30. The van der Waals surface area contributed by atoms with Gasteiger partial charge in [0.2, 0.25) is 0 Å². The summed E-state index contributed by atoms with van der Waals surface area (Å²) >= 11 is 2.98. The molecule has 0 spiro atoms. The maximum atomic E-state index is 13.1. The molecule has 6 heteroatoms. The zero-order valence-electron chi connectivity index (χ0n) is 6.95. The Labute approximate surface area is 85.8 Å². The second-order valence-electron chi connectivity index (χ2n) is 2.53. The molecule has 0 bridgehead atoms. The molecule has 0 unspecified atom stereocenters. The van der Waals surface area contributed by atoms with Crippen LogP contribution in [0.15, 0.2) is 16.6 Å². The Kier molecular flexibility index (Phi) is 3.04. The minimum Gasteiger partial charge on any atom is -0.403 e. The van der Waals surface area contributed by atoms with Gasteiger partial charge in [0.05, 0.1) is 0 Å². The van der Waals surface area contributed by atoms with Crippen molar-refractivity contribution >= 4 is 15.9 Å². The lowest BCUT2D eigenvalue weighted by Gasteiger charge is -2.11. The molecule has 0 aliphatic carbocycles. The van der Waals surface area contributed by atoms with Crippen LogP contribution in [0.3, 0.4) is 0 Å². The van der Waals surface area contributed by atoms with Gasteiger partial charge in [-0.05, 0) is 19.1 Å². The van der Waals surface area contributed by atoms with E-state index in [4.69, 9.17) is 0 Å². The van der Waals surface area contributed by atoms with Crippen molar-refractivity contribution in [2.75, 3.05) is 0 Å². The van der Waals surface area contributed by atoms with Crippen molar-refractivity contribution < 1.29 is 22.3 Å². The monoisotopic (exact) mass is 272 g/mol. The zero-order chi connectivity index (χ0) is 10.9. The van der Waals surface area contributed by atoms with E-state index in [0.717, 1.165) is 6.07 Å². The lowest BCUT2D eigenvalue weighted by atomic mass is 10.2. The van der Waals surface area contributed by atoms with Gasteiger partial charge in [0.15, 0.2) is 11.6 Å². The molecule has 14 heavy (non-hydrogen) atoms. The highest BCUT2D eigenvalue weighted by Gasteiger charge is 2.32. The Morgan fingerprint density at radius 2 is 1.86 bits per heavy atom. The summed E-state index contributed by atoms with van der Waals surface area (Å²) in [4.78, 5) is 0.